The Bertz CT molecular complexity index is 1040. The number of amides is 1. The first kappa shape index (κ1) is 15.8. The van der Waals surface area contributed by atoms with Gasteiger partial charge in [-0.3, -0.25) is 19.4 Å². The number of aromatic nitrogens is 5. The highest BCUT2D eigenvalue weighted by Crippen LogP contribution is 2.22. The second-order valence-corrected chi connectivity index (χ2v) is 5.75. The van der Waals surface area contributed by atoms with Gasteiger partial charge < -0.3 is 0 Å². The number of aryl methyl sites for hydroxylation is 1. The van der Waals surface area contributed by atoms with Gasteiger partial charge in [-0.05, 0) is 12.1 Å². The molecule has 0 radical (unpaired) electrons. The minimum Gasteiger partial charge on any atom is -0.290 e. The van der Waals surface area contributed by atoms with Crippen LogP contribution in [-0.4, -0.2) is 30.5 Å². The van der Waals surface area contributed by atoms with E-state index in [4.69, 9.17) is 0 Å². The summed E-state index contributed by atoms with van der Waals surface area (Å²) in [5.74, 6) is 0.0613. The number of nitrogens with zero attached hydrogens (tertiary/aromatic N) is 5. The van der Waals surface area contributed by atoms with Crippen molar-refractivity contribution in [2.45, 2.75) is 0 Å². The van der Waals surface area contributed by atoms with Crippen molar-refractivity contribution >= 4 is 11.9 Å². The lowest BCUT2D eigenvalue weighted by molar-refractivity contribution is 0.102. The van der Waals surface area contributed by atoms with Gasteiger partial charge in [0.15, 0.2) is 0 Å². The number of nitrogens with one attached hydrogen (secondary N) is 1. The first-order chi connectivity index (χ1) is 12.7. The van der Waals surface area contributed by atoms with E-state index in [9.17, 15) is 4.79 Å². The molecule has 2 heterocycles. The van der Waals surface area contributed by atoms with Gasteiger partial charge in [-0.15, -0.1) is 10.2 Å². The van der Waals surface area contributed by atoms with E-state index in [2.05, 4.69) is 20.6 Å². The van der Waals surface area contributed by atoms with Crippen LogP contribution in [0.4, 0.5) is 5.95 Å². The van der Waals surface area contributed by atoms with Crippen molar-refractivity contribution in [3.05, 3.63) is 78.8 Å². The first-order valence-electron chi connectivity index (χ1n) is 8.08. The Hall–Kier alpha value is -3.74. The SMILES string of the molecule is Cn1cc(C(=O)Nc2nncn2-c2ccccc2)c(-c2ccccc2)n1. The summed E-state index contributed by atoms with van der Waals surface area (Å²) < 4.78 is 3.34. The topological polar surface area (TPSA) is 77.6 Å². The van der Waals surface area contributed by atoms with E-state index >= 15 is 0 Å². The van der Waals surface area contributed by atoms with Gasteiger partial charge in [-0.1, -0.05) is 48.5 Å². The Morgan fingerprint density at radius 2 is 1.69 bits per heavy atom. The molecule has 4 aromatic rings. The summed E-state index contributed by atoms with van der Waals surface area (Å²) in [4.78, 5) is 12.9. The molecule has 0 aliphatic heterocycles. The van der Waals surface area contributed by atoms with Crippen molar-refractivity contribution in [1.29, 1.82) is 0 Å². The van der Waals surface area contributed by atoms with E-state index in [1.54, 1.807) is 28.8 Å². The standard InChI is InChI=1S/C19H16N6O/c1-24-12-16(17(23-24)14-8-4-2-5-9-14)18(26)21-19-22-20-13-25(19)15-10-6-3-7-11-15/h2-13H,1H3,(H,21,22,26). The first-order valence-corrected chi connectivity index (χ1v) is 8.08. The summed E-state index contributed by atoms with van der Waals surface area (Å²) in [6.45, 7) is 0. The predicted octanol–water partition coefficient (Wildman–Crippen LogP) is 2.92. The number of carbonyl (C=O) groups is 1. The number of hydrogen-bond donors (Lipinski definition) is 1. The van der Waals surface area contributed by atoms with Crippen LogP contribution in [0.15, 0.2) is 73.2 Å². The van der Waals surface area contributed by atoms with E-state index in [1.165, 1.54) is 0 Å². The van der Waals surface area contributed by atoms with Gasteiger partial charge in [0.05, 0.1) is 11.3 Å². The molecule has 7 heteroatoms. The molecule has 0 atom stereocenters. The fraction of sp³-hybridized carbons (Fsp3) is 0.0526. The van der Waals surface area contributed by atoms with Crippen LogP contribution in [0.1, 0.15) is 10.4 Å². The lowest BCUT2D eigenvalue weighted by Crippen LogP contribution is -2.15. The fourth-order valence-corrected chi connectivity index (χ4v) is 2.73. The number of carbonyl (C=O) groups excluding carboxylic acids is 1. The van der Waals surface area contributed by atoms with Gasteiger partial charge in [0, 0.05) is 18.8 Å². The molecule has 26 heavy (non-hydrogen) atoms. The largest absolute Gasteiger partial charge is 0.290 e. The van der Waals surface area contributed by atoms with Crippen LogP contribution in [0, 0.1) is 0 Å². The molecule has 0 saturated carbocycles. The number of hydrogen-bond acceptors (Lipinski definition) is 4. The zero-order valence-corrected chi connectivity index (χ0v) is 14.1. The number of para-hydroxylation sites is 1. The van der Waals surface area contributed by atoms with E-state index in [-0.39, 0.29) is 5.91 Å². The normalized spacial score (nSPS) is 10.7. The van der Waals surface area contributed by atoms with Crippen molar-refractivity contribution < 1.29 is 4.79 Å². The minimum absolute atomic E-state index is 0.290. The molecule has 0 aliphatic carbocycles. The Morgan fingerprint density at radius 1 is 1.00 bits per heavy atom. The van der Waals surface area contributed by atoms with Gasteiger partial charge >= 0.3 is 0 Å². The third-order valence-corrected chi connectivity index (χ3v) is 3.93. The Morgan fingerprint density at radius 3 is 2.42 bits per heavy atom. The second-order valence-electron chi connectivity index (χ2n) is 5.75. The van der Waals surface area contributed by atoms with Crippen molar-refractivity contribution in [3.63, 3.8) is 0 Å². The van der Waals surface area contributed by atoms with Crippen LogP contribution in [0.2, 0.25) is 0 Å². The Labute approximate surface area is 149 Å². The highest BCUT2D eigenvalue weighted by molar-refractivity contribution is 6.07. The maximum Gasteiger partial charge on any atom is 0.261 e. The molecule has 0 aliphatic rings. The second kappa shape index (κ2) is 6.64. The summed E-state index contributed by atoms with van der Waals surface area (Å²) in [5, 5.41) is 15.2. The monoisotopic (exact) mass is 344 g/mol. The number of anilines is 1. The molecule has 0 spiro atoms. The Balaban J connectivity index is 1.66. The smallest absolute Gasteiger partial charge is 0.261 e. The maximum absolute atomic E-state index is 12.9. The molecule has 0 fully saturated rings. The zero-order valence-electron chi connectivity index (χ0n) is 14.1. The average molecular weight is 344 g/mol. The Kier molecular flexibility index (Phi) is 4.03. The third kappa shape index (κ3) is 2.98. The van der Waals surface area contributed by atoms with E-state index in [0.717, 1.165) is 11.3 Å². The van der Waals surface area contributed by atoms with E-state index in [1.807, 2.05) is 60.7 Å². The van der Waals surface area contributed by atoms with Gasteiger partial charge in [0.2, 0.25) is 5.95 Å². The van der Waals surface area contributed by atoms with Crippen LogP contribution in [-0.2, 0) is 7.05 Å². The zero-order chi connectivity index (χ0) is 17.9. The van der Waals surface area contributed by atoms with Crippen molar-refractivity contribution in [2.75, 3.05) is 5.32 Å². The molecular formula is C19H16N6O. The van der Waals surface area contributed by atoms with E-state index in [0.29, 0.717) is 17.2 Å². The molecule has 0 bridgehead atoms. The van der Waals surface area contributed by atoms with Crippen molar-refractivity contribution in [2.24, 2.45) is 7.05 Å². The summed E-state index contributed by atoms with van der Waals surface area (Å²) in [5.41, 5.74) is 2.84. The van der Waals surface area contributed by atoms with Crippen molar-refractivity contribution in [1.82, 2.24) is 24.5 Å². The lowest BCUT2D eigenvalue weighted by Gasteiger charge is -2.07. The van der Waals surface area contributed by atoms with Crippen LogP contribution in [0.25, 0.3) is 16.9 Å². The summed E-state index contributed by atoms with van der Waals surface area (Å²) in [7, 11) is 1.79. The molecular weight excluding hydrogens is 328 g/mol. The predicted molar refractivity (Wildman–Crippen MR) is 98.0 cm³/mol. The van der Waals surface area contributed by atoms with Gasteiger partial charge in [0.25, 0.3) is 5.91 Å². The molecule has 2 aromatic carbocycles. The van der Waals surface area contributed by atoms with Crippen molar-refractivity contribution in [3.8, 4) is 16.9 Å². The van der Waals surface area contributed by atoms with Gasteiger partial charge in [-0.25, -0.2) is 0 Å². The third-order valence-electron chi connectivity index (χ3n) is 3.93. The highest BCUT2D eigenvalue weighted by atomic mass is 16.1. The average Bonchev–Trinajstić information content (AvgIpc) is 3.30. The molecule has 0 unspecified atom stereocenters. The lowest BCUT2D eigenvalue weighted by atomic mass is 10.1. The maximum atomic E-state index is 12.9. The highest BCUT2D eigenvalue weighted by Gasteiger charge is 2.19. The number of rotatable bonds is 4. The van der Waals surface area contributed by atoms with Crippen LogP contribution < -0.4 is 5.32 Å². The molecule has 4 rings (SSSR count). The molecule has 0 saturated heterocycles. The molecule has 128 valence electrons. The fourth-order valence-electron chi connectivity index (χ4n) is 2.73. The van der Waals surface area contributed by atoms with E-state index < -0.39 is 0 Å². The van der Waals surface area contributed by atoms with Gasteiger partial charge in [-0.2, -0.15) is 5.10 Å². The van der Waals surface area contributed by atoms with Crippen LogP contribution in [0.3, 0.4) is 0 Å². The summed E-state index contributed by atoms with van der Waals surface area (Å²) in [6, 6.07) is 19.2. The summed E-state index contributed by atoms with van der Waals surface area (Å²) >= 11 is 0. The molecule has 1 N–H and O–H groups in total. The molecule has 7 nitrogen and oxygen atoms in total. The summed E-state index contributed by atoms with van der Waals surface area (Å²) in [6.07, 6.45) is 3.26. The quantitative estimate of drug-likeness (QED) is 0.617. The molecule has 1 amide bonds. The number of benzene rings is 2. The minimum atomic E-state index is -0.290. The van der Waals surface area contributed by atoms with Gasteiger partial charge in [0.1, 0.15) is 12.0 Å². The van der Waals surface area contributed by atoms with Crippen LogP contribution in [0.5, 0.6) is 0 Å². The molecule has 2 aromatic heterocycles. The van der Waals surface area contributed by atoms with Crippen LogP contribution >= 0.6 is 0 Å².